The van der Waals surface area contributed by atoms with Gasteiger partial charge in [-0.1, -0.05) is 0 Å². The van der Waals surface area contributed by atoms with Crippen LogP contribution in [0.3, 0.4) is 0 Å². The lowest BCUT2D eigenvalue weighted by atomic mass is 10.1. The number of urea groups is 1. The van der Waals surface area contributed by atoms with E-state index in [4.69, 9.17) is 0 Å². The average molecular weight is 246 g/mol. The number of nitrogens with zero attached hydrogens (tertiary/aromatic N) is 1. The number of rotatable bonds is 2. The standard InChI is InChI=1S/C14H18N2O2/c1-10-4-3-9-16(10)14(18)15-13-7-5-12(6-8-13)11(2)17/h5-8,10H,3-4,9H2,1-2H3,(H,15,18). The molecule has 1 aliphatic rings. The molecule has 1 atom stereocenters. The molecule has 18 heavy (non-hydrogen) atoms. The zero-order valence-electron chi connectivity index (χ0n) is 10.8. The van der Waals surface area contributed by atoms with E-state index in [1.54, 1.807) is 24.3 Å². The first kappa shape index (κ1) is 12.6. The Morgan fingerprint density at radius 3 is 2.44 bits per heavy atom. The van der Waals surface area contributed by atoms with E-state index in [0.29, 0.717) is 11.6 Å². The molecule has 4 heteroatoms. The summed E-state index contributed by atoms with van der Waals surface area (Å²) in [6.07, 6.45) is 2.13. The number of carbonyl (C=O) groups excluding carboxylic acids is 2. The molecule has 0 radical (unpaired) electrons. The third-order valence-corrected chi connectivity index (χ3v) is 3.36. The van der Waals surface area contributed by atoms with Gasteiger partial charge >= 0.3 is 6.03 Å². The Hall–Kier alpha value is -1.84. The van der Waals surface area contributed by atoms with Gasteiger partial charge < -0.3 is 10.2 Å². The van der Waals surface area contributed by atoms with E-state index in [9.17, 15) is 9.59 Å². The number of nitrogens with one attached hydrogen (secondary N) is 1. The quantitative estimate of drug-likeness (QED) is 0.816. The number of hydrogen-bond donors (Lipinski definition) is 1. The smallest absolute Gasteiger partial charge is 0.322 e. The first-order valence-electron chi connectivity index (χ1n) is 6.26. The molecule has 1 heterocycles. The van der Waals surface area contributed by atoms with Gasteiger partial charge in [0.1, 0.15) is 0 Å². The van der Waals surface area contributed by atoms with Crippen LogP contribution in [-0.4, -0.2) is 29.3 Å². The van der Waals surface area contributed by atoms with Crippen molar-refractivity contribution in [2.75, 3.05) is 11.9 Å². The number of hydrogen-bond acceptors (Lipinski definition) is 2. The fourth-order valence-corrected chi connectivity index (χ4v) is 2.22. The number of Topliss-reactive ketones (excluding diaryl/α,β-unsaturated/α-hetero) is 1. The Morgan fingerprint density at radius 1 is 1.28 bits per heavy atom. The van der Waals surface area contributed by atoms with Crippen LogP contribution in [0.4, 0.5) is 10.5 Å². The van der Waals surface area contributed by atoms with Crippen molar-refractivity contribution in [1.29, 1.82) is 0 Å². The van der Waals surface area contributed by atoms with E-state index >= 15 is 0 Å². The molecule has 1 N–H and O–H groups in total. The van der Waals surface area contributed by atoms with Crippen molar-refractivity contribution in [2.45, 2.75) is 32.7 Å². The monoisotopic (exact) mass is 246 g/mol. The molecular formula is C14H18N2O2. The number of anilines is 1. The maximum atomic E-state index is 12.0. The number of amides is 2. The summed E-state index contributed by atoms with van der Waals surface area (Å²) in [6, 6.07) is 7.22. The number of benzene rings is 1. The van der Waals surface area contributed by atoms with Crippen molar-refractivity contribution in [3.63, 3.8) is 0 Å². The van der Waals surface area contributed by atoms with Crippen molar-refractivity contribution in [3.8, 4) is 0 Å². The highest BCUT2D eigenvalue weighted by Gasteiger charge is 2.24. The largest absolute Gasteiger partial charge is 0.322 e. The van der Waals surface area contributed by atoms with Gasteiger partial charge in [0.05, 0.1) is 0 Å². The fraction of sp³-hybridized carbons (Fsp3) is 0.429. The fourth-order valence-electron chi connectivity index (χ4n) is 2.22. The predicted molar refractivity (Wildman–Crippen MR) is 70.9 cm³/mol. The lowest BCUT2D eigenvalue weighted by molar-refractivity contribution is 0.101. The molecule has 1 fully saturated rings. The zero-order chi connectivity index (χ0) is 13.1. The van der Waals surface area contributed by atoms with E-state index in [2.05, 4.69) is 12.2 Å². The van der Waals surface area contributed by atoms with Gasteiger partial charge in [-0.2, -0.15) is 0 Å². The topological polar surface area (TPSA) is 49.4 Å². The summed E-state index contributed by atoms with van der Waals surface area (Å²) in [4.78, 5) is 25.0. The highest BCUT2D eigenvalue weighted by Crippen LogP contribution is 2.18. The summed E-state index contributed by atoms with van der Waals surface area (Å²) in [7, 11) is 0. The van der Waals surface area contributed by atoms with Crippen LogP contribution < -0.4 is 5.32 Å². The Kier molecular flexibility index (Phi) is 3.65. The van der Waals surface area contributed by atoms with Crippen LogP contribution in [0.25, 0.3) is 0 Å². The maximum absolute atomic E-state index is 12.0. The molecule has 2 rings (SSSR count). The second-order valence-electron chi connectivity index (χ2n) is 4.75. The minimum atomic E-state index is -0.0597. The minimum absolute atomic E-state index is 0.0287. The third-order valence-electron chi connectivity index (χ3n) is 3.36. The van der Waals surface area contributed by atoms with Gasteiger partial charge in [-0.05, 0) is 51.0 Å². The van der Waals surface area contributed by atoms with Gasteiger partial charge in [0, 0.05) is 23.8 Å². The van der Waals surface area contributed by atoms with Crippen molar-refractivity contribution in [1.82, 2.24) is 4.90 Å². The van der Waals surface area contributed by atoms with E-state index in [-0.39, 0.29) is 11.8 Å². The molecule has 2 amide bonds. The molecule has 1 aliphatic heterocycles. The molecule has 1 unspecified atom stereocenters. The Bertz CT molecular complexity index is 453. The molecule has 0 saturated carbocycles. The summed E-state index contributed by atoms with van der Waals surface area (Å²) in [5.41, 5.74) is 1.38. The summed E-state index contributed by atoms with van der Waals surface area (Å²) >= 11 is 0. The van der Waals surface area contributed by atoms with Crippen LogP contribution in [0.15, 0.2) is 24.3 Å². The van der Waals surface area contributed by atoms with Gasteiger partial charge in [-0.25, -0.2) is 4.79 Å². The van der Waals surface area contributed by atoms with Crippen molar-refractivity contribution < 1.29 is 9.59 Å². The van der Waals surface area contributed by atoms with Crippen LogP contribution in [0.2, 0.25) is 0 Å². The lowest BCUT2D eigenvalue weighted by Gasteiger charge is -2.21. The Morgan fingerprint density at radius 2 is 1.94 bits per heavy atom. The van der Waals surface area contributed by atoms with Crippen LogP contribution in [0, 0.1) is 0 Å². The molecular weight excluding hydrogens is 228 g/mol. The number of likely N-dealkylation sites (tertiary alicyclic amines) is 1. The minimum Gasteiger partial charge on any atom is -0.322 e. The molecule has 0 bridgehead atoms. The first-order valence-corrected chi connectivity index (χ1v) is 6.26. The second kappa shape index (κ2) is 5.21. The molecule has 0 aromatic heterocycles. The molecule has 4 nitrogen and oxygen atoms in total. The average Bonchev–Trinajstić information content (AvgIpc) is 2.76. The molecule has 1 saturated heterocycles. The molecule has 96 valence electrons. The van der Waals surface area contributed by atoms with Crippen LogP contribution in [0.5, 0.6) is 0 Å². The van der Waals surface area contributed by atoms with Gasteiger partial charge in [-0.15, -0.1) is 0 Å². The number of ketones is 1. The third kappa shape index (κ3) is 2.70. The molecule has 0 spiro atoms. The zero-order valence-corrected chi connectivity index (χ0v) is 10.8. The van der Waals surface area contributed by atoms with Gasteiger partial charge in [0.25, 0.3) is 0 Å². The molecule has 1 aromatic carbocycles. The van der Waals surface area contributed by atoms with Crippen molar-refractivity contribution in [3.05, 3.63) is 29.8 Å². The van der Waals surface area contributed by atoms with Crippen LogP contribution in [-0.2, 0) is 0 Å². The first-order chi connectivity index (χ1) is 8.58. The van der Waals surface area contributed by atoms with Gasteiger partial charge in [-0.3, -0.25) is 4.79 Å². The Labute approximate surface area is 107 Å². The van der Waals surface area contributed by atoms with Crippen LogP contribution in [0.1, 0.15) is 37.0 Å². The normalized spacial score (nSPS) is 18.8. The van der Waals surface area contributed by atoms with E-state index in [1.807, 2.05) is 4.90 Å². The van der Waals surface area contributed by atoms with Crippen molar-refractivity contribution in [2.24, 2.45) is 0 Å². The predicted octanol–water partition coefficient (Wildman–Crippen LogP) is 2.91. The van der Waals surface area contributed by atoms with Crippen molar-refractivity contribution >= 4 is 17.5 Å². The highest BCUT2D eigenvalue weighted by atomic mass is 16.2. The van der Waals surface area contributed by atoms with Crippen LogP contribution >= 0.6 is 0 Å². The van der Waals surface area contributed by atoms with E-state index < -0.39 is 0 Å². The SMILES string of the molecule is CC(=O)c1ccc(NC(=O)N2CCCC2C)cc1. The molecule has 0 aliphatic carbocycles. The van der Waals surface area contributed by atoms with E-state index in [0.717, 1.165) is 25.1 Å². The van der Waals surface area contributed by atoms with E-state index in [1.165, 1.54) is 6.92 Å². The van der Waals surface area contributed by atoms with Gasteiger partial charge in [0.15, 0.2) is 5.78 Å². The summed E-state index contributed by atoms with van der Waals surface area (Å²) in [5.74, 6) is 0.0287. The second-order valence-corrected chi connectivity index (χ2v) is 4.75. The summed E-state index contributed by atoms with van der Waals surface area (Å²) in [6.45, 7) is 4.41. The highest BCUT2D eigenvalue weighted by molar-refractivity contribution is 5.95. The molecule has 1 aromatic rings. The summed E-state index contributed by atoms with van der Waals surface area (Å²) in [5, 5.41) is 2.86. The number of carbonyl (C=O) groups is 2. The summed E-state index contributed by atoms with van der Waals surface area (Å²) < 4.78 is 0. The lowest BCUT2D eigenvalue weighted by Crippen LogP contribution is -2.37. The van der Waals surface area contributed by atoms with Gasteiger partial charge in [0.2, 0.25) is 0 Å². The Balaban J connectivity index is 2.00. The maximum Gasteiger partial charge on any atom is 0.322 e.